The number of aryl methyl sites for hydroxylation is 1. The molecule has 2 amide bonds. The van der Waals surface area contributed by atoms with Gasteiger partial charge >= 0.3 is 0 Å². The smallest absolute Gasteiger partial charge is 0.241 e. The predicted octanol–water partition coefficient (Wildman–Crippen LogP) is 4.09. The number of fused-ring (bicyclic) bond motifs is 3. The SMILES string of the molecule is CCOc1ccc(N2C(=O)[C@@H]3[C@@H](c4ccccc4C)OC4(C(=O)c5ccccc5C4=O)[C@@H]3C2=O)cc1. The first-order valence-corrected chi connectivity index (χ1v) is 11.9. The highest BCUT2D eigenvalue weighted by Gasteiger charge is 2.74. The van der Waals surface area contributed by atoms with E-state index in [1.54, 1.807) is 48.5 Å². The highest BCUT2D eigenvalue weighted by molar-refractivity contribution is 6.37. The molecule has 3 aromatic rings. The van der Waals surface area contributed by atoms with Gasteiger partial charge in [0.25, 0.3) is 0 Å². The number of carbonyl (C=O) groups is 4. The van der Waals surface area contributed by atoms with E-state index in [2.05, 4.69) is 0 Å². The molecule has 0 saturated carbocycles. The molecule has 0 aromatic heterocycles. The van der Waals surface area contributed by atoms with E-state index >= 15 is 0 Å². The number of hydrogen-bond donors (Lipinski definition) is 0. The first-order chi connectivity index (χ1) is 17.4. The summed E-state index contributed by atoms with van der Waals surface area (Å²) >= 11 is 0. The van der Waals surface area contributed by atoms with Crippen molar-refractivity contribution in [3.05, 3.63) is 95.1 Å². The summed E-state index contributed by atoms with van der Waals surface area (Å²) in [6.07, 6.45) is -0.928. The minimum Gasteiger partial charge on any atom is -0.494 e. The molecule has 2 fully saturated rings. The van der Waals surface area contributed by atoms with E-state index in [0.29, 0.717) is 23.6 Å². The Kier molecular flexibility index (Phi) is 4.95. The van der Waals surface area contributed by atoms with E-state index in [0.717, 1.165) is 10.5 Å². The standard InChI is InChI=1S/C29H23NO6/c1-3-35-18-14-12-17(13-15-18)30-27(33)22-23(28(30)34)29(36-24(22)19-9-5-4-8-16(19)2)25(31)20-10-6-7-11-21(20)26(29)32/h4-15,22-24H,3H2,1-2H3/t22-,23-,24+/m0/s1. The molecule has 2 heterocycles. The fourth-order valence-electron chi connectivity index (χ4n) is 5.82. The molecule has 0 radical (unpaired) electrons. The maximum atomic E-state index is 14.0. The van der Waals surface area contributed by atoms with Gasteiger partial charge in [0.1, 0.15) is 5.75 Å². The summed E-state index contributed by atoms with van der Waals surface area (Å²) in [7, 11) is 0. The van der Waals surface area contributed by atoms with Gasteiger partial charge in [0.15, 0.2) is 0 Å². The Morgan fingerprint density at radius 2 is 1.44 bits per heavy atom. The number of imide groups is 1. The quantitative estimate of drug-likeness (QED) is 0.412. The van der Waals surface area contributed by atoms with Gasteiger partial charge in [-0.05, 0) is 49.2 Å². The molecule has 3 aromatic carbocycles. The lowest BCUT2D eigenvalue weighted by Gasteiger charge is -2.27. The molecule has 2 aliphatic heterocycles. The molecule has 3 atom stereocenters. The van der Waals surface area contributed by atoms with E-state index in [-0.39, 0.29) is 11.1 Å². The van der Waals surface area contributed by atoms with Crippen molar-refractivity contribution in [2.45, 2.75) is 25.6 Å². The maximum Gasteiger partial charge on any atom is 0.241 e. The second kappa shape index (κ2) is 7.96. The Morgan fingerprint density at radius 3 is 2.06 bits per heavy atom. The summed E-state index contributed by atoms with van der Waals surface area (Å²) in [6.45, 7) is 4.21. The summed E-state index contributed by atoms with van der Waals surface area (Å²) in [5.74, 6) is -3.92. The third-order valence-corrected chi connectivity index (χ3v) is 7.42. The first-order valence-electron chi connectivity index (χ1n) is 11.9. The first kappa shape index (κ1) is 22.4. The van der Waals surface area contributed by atoms with Crippen molar-refractivity contribution in [3.8, 4) is 5.75 Å². The van der Waals surface area contributed by atoms with Gasteiger partial charge < -0.3 is 9.47 Å². The number of amides is 2. The van der Waals surface area contributed by atoms with E-state index in [1.165, 1.54) is 0 Å². The van der Waals surface area contributed by atoms with Crippen molar-refractivity contribution in [3.63, 3.8) is 0 Å². The molecular formula is C29H23NO6. The Labute approximate surface area is 207 Å². The predicted molar refractivity (Wildman–Crippen MR) is 130 cm³/mol. The molecule has 7 heteroatoms. The fraction of sp³-hybridized carbons (Fsp3) is 0.241. The molecule has 0 unspecified atom stereocenters. The van der Waals surface area contributed by atoms with Crippen molar-refractivity contribution in [2.24, 2.45) is 11.8 Å². The minimum atomic E-state index is -2.08. The van der Waals surface area contributed by atoms with Gasteiger partial charge in [-0.1, -0.05) is 48.5 Å². The number of anilines is 1. The lowest BCUT2D eigenvalue weighted by molar-refractivity contribution is -0.127. The minimum absolute atomic E-state index is 0.214. The van der Waals surface area contributed by atoms with Crippen LogP contribution in [0.25, 0.3) is 0 Å². The Hall–Kier alpha value is -4.10. The van der Waals surface area contributed by atoms with Gasteiger partial charge in [0.05, 0.1) is 30.2 Å². The molecule has 1 aliphatic carbocycles. The number of carbonyl (C=O) groups excluding carboxylic acids is 4. The van der Waals surface area contributed by atoms with Crippen LogP contribution >= 0.6 is 0 Å². The van der Waals surface area contributed by atoms with Crippen LogP contribution in [0.2, 0.25) is 0 Å². The lowest BCUT2D eigenvalue weighted by atomic mass is 9.77. The van der Waals surface area contributed by atoms with Crippen LogP contribution in [-0.2, 0) is 14.3 Å². The number of benzene rings is 3. The van der Waals surface area contributed by atoms with Crippen molar-refractivity contribution in [1.82, 2.24) is 0 Å². The zero-order valence-corrected chi connectivity index (χ0v) is 19.8. The van der Waals surface area contributed by atoms with Gasteiger partial charge in [0, 0.05) is 11.1 Å². The molecule has 3 aliphatic rings. The van der Waals surface area contributed by atoms with Gasteiger partial charge in [-0.25, -0.2) is 4.90 Å². The maximum absolute atomic E-state index is 14.0. The average molecular weight is 482 g/mol. The van der Waals surface area contributed by atoms with Crippen LogP contribution in [0.4, 0.5) is 5.69 Å². The number of ether oxygens (including phenoxy) is 2. The van der Waals surface area contributed by atoms with Crippen LogP contribution in [0, 0.1) is 18.8 Å². The third kappa shape index (κ3) is 2.83. The molecule has 0 bridgehead atoms. The molecule has 180 valence electrons. The van der Waals surface area contributed by atoms with E-state index < -0.39 is 46.9 Å². The zero-order chi connectivity index (χ0) is 25.2. The van der Waals surface area contributed by atoms with E-state index in [4.69, 9.17) is 9.47 Å². The van der Waals surface area contributed by atoms with Gasteiger partial charge in [-0.15, -0.1) is 0 Å². The van der Waals surface area contributed by atoms with Crippen LogP contribution in [-0.4, -0.2) is 35.6 Å². The molecular weight excluding hydrogens is 458 g/mol. The van der Waals surface area contributed by atoms with Gasteiger partial charge in [0.2, 0.25) is 29.0 Å². The molecule has 6 rings (SSSR count). The topological polar surface area (TPSA) is 90.0 Å². The second-order valence-corrected chi connectivity index (χ2v) is 9.28. The summed E-state index contributed by atoms with van der Waals surface area (Å²) in [5, 5.41) is 0. The lowest BCUT2D eigenvalue weighted by Crippen LogP contribution is -2.51. The highest BCUT2D eigenvalue weighted by Crippen LogP contribution is 2.58. The normalized spacial score (nSPS) is 23.9. The van der Waals surface area contributed by atoms with Crippen LogP contribution in [0.1, 0.15) is 44.9 Å². The molecule has 36 heavy (non-hydrogen) atoms. The van der Waals surface area contributed by atoms with Gasteiger partial charge in [-0.3, -0.25) is 19.2 Å². The van der Waals surface area contributed by atoms with Crippen molar-refractivity contribution >= 4 is 29.1 Å². The van der Waals surface area contributed by atoms with E-state index in [1.807, 2.05) is 38.1 Å². The fourth-order valence-corrected chi connectivity index (χ4v) is 5.82. The molecule has 7 nitrogen and oxygen atoms in total. The Bertz CT molecular complexity index is 1410. The highest BCUT2D eigenvalue weighted by atomic mass is 16.5. The number of ketones is 2. The van der Waals surface area contributed by atoms with Crippen LogP contribution < -0.4 is 9.64 Å². The number of rotatable bonds is 4. The average Bonchev–Trinajstić information content (AvgIpc) is 3.45. The van der Waals surface area contributed by atoms with Crippen molar-refractivity contribution < 1.29 is 28.7 Å². The van der Waals surface area contributed by atoms with Crippen LogP contribution in [0.15, 0.2) is 72.8 Å². The largest absolute Gasteiger partial charge is 0.494 e. The van der Waals surface area contributed by atoms with Crippen LogP contribution in [0.5, 0.6) is 5.75 Å². The van der Waals surface area contributed by atoms with E-state index in [9.17, 15) is 19.2 Å². The van der Waals surface area contributed by atoms with Crippen LogP contribution in [0.3, 0.4) is 0 Å². The monoisotopic (exact) mass is 481 g/mol. The molecule has 1 spiro atoms. The summed E-state index contributed by atoms with van der Waals surface area (Å²) < 4.78 is 11.8. The second-order valence-electron chi connectivity index (χ2n) is 9.28. The molecule has 0 N–H and O–H groups in total. The van der Waals surface area contributed by atoms with Crippen molar-refractivity contribution in [1.29, 1.82) is 0 Å². The molecule has 2 saturated heterocycles. The summed E-state index contributed by atoms with van der Waals surface area (Å²) in [6, 6.07) is 20.4. The number of Topliss-reactive ketones (excluding diaryl/α,β-unsaturated/α-hetero) is 2. The summed E-state index contributed by atoms with van der Waals surface area (Å²) in [5.41, 5.74) is 0.229. The number of nitrogens with zero attached hydrogens (tertiary/aromatic N) is 1. The summed E-state index contributed by atoms with van der Waals surface area (Å²) in [4.78, 5) is 56.6. The zero-order valence-electron chi connectivity index (χ0n) is 19.8. The Balaban J connectivity index is 1.51. The number of hydrogen-bond acceptors (Lipinski definition) is 6. The van der Waals surface area contributed by atoms with Crippen molar-refractivity contribution in [2.75, 3.05) is 11.5 Å². The third-order valence-electron chi connectivity index (χ3n) is 7.42. The van der Waals surface area contributed by atoms with Gasteiger partial charge in [-0.2, -0.15) is 0 Å². The Morgan fingerprint density at radius 1 is 0.833 bits per heavy atom.